The number of pyridine rings is 1. The van der Waals surface area contributed by atoms with E-state index in [1.165, 1.54) is 0 Å². The fourth-order valence-corrected chi connectivity index (χ4v) is 4.02. The third kappa shape index (κ3) is 4.45. The fourth-order valence-electron chi connectivity index (χ4n) is 2.78. The normalized spacial score (nSPS) is 17.1. The van der Waals surface area contributed by atoms with Crippen molar-refractivity contribution in [1.82, 2.24) is 20.4 Å². The first kappa shape index (κ1) is 21.0. The molecule has 14 heteroatoms. The summed E-state index contributed by atoms with van der Waals surface area (Å²) in [6, 6.07) is 4.67. The number of alkyl halides is 3. The van der Waals surface area contributed by atoms with Crippen LogP contribution in [0.3, 0.4) is 0 Å². The standard InChI is InChI=1S/C17H14F3N5O5S/c18-17(19,20)29-9-1-3-10(4-2-9)31(26,27)11-5-12(21)14(22-6-11)16-24-15(25-30-16)13-7-28-8-23-13/h1-6,13,23H,7-8,21H2. The van der Waals surface area contributed by atoms with Gasteiger partial charge in [0.2, 0.25) is 9.84 Å². The molecule has 0 spiro atoms. The molecule has 2 aromatic heterocycles. The van der Waals surface area contributed by atoms with Crippen LogP contribution in [0.1, 0.15) is 11.9 Å². The van der Waals surface area contributed by atoms with Gasteiger partial charge < -0.3 is 19.7 Å². The van der Waals surface area contributed by atoms with Gasteiger partial charge in [-0.1, -0.05) is 5.16 Å². The van der Waals surface area contributed by atoms with E-state index in [0.717, 1.165) is 36.5 Å². The number of rotatable bonds is 5. The highest BCUT2D eigenvalue weighted by Crippen LogP contribution is 2.30. The zero-order chi connectivity index (χ0) is 22.2. The molecule has 0 aliphatic carbocycles. The molecule has 1 atom stereocenters. The summed E-state index contributed by atoms with van der Waals surface area (Å²) < 4.78 is 76.4. The zero-order valence-electron chi connectivity index (χ0n) is 15.5. The van der Waals surface area contributed by atoms with E-state index in [4.69, 9.17) is 15.0 Å². The van der Waals surface area contributed by atoms with E-state index in [0.29, 0.717) is 19.2 Å². The minimum Gasteiger partial charge on any atom is -0.406 e. The number of anilines is 1. The quantitative estimate of drug-likeness (QED) is 0.584. The van der Waals surface area contributed by atoms with Gasteiger partial charge in [0, 0.05) is 6.20 Å². The summed E-state index contributed by atoms with van der Waals surface area (Å²) in [4.78, 5) is 7.69. The van der Waals surface area contributed by atoms with Crippen LogP contribution in [0.5, 0.6) is 5.75 Å². The van der Waals surface area contributed by atoms with Crippen LogP contribution in [0, 0.1) is 0 Å². The van der Waals surface area contributed by atoms with Gasteiger partial charge >= 0.3 is 6.36 Å². The smallest absolute Gasteiger partial charge is 0.406 e. The number of sulfone groups is 1. The predicted octanol–water partition coefficient (Wildman–Crippen LogP) is 2.06. The maximum Gasteiger partial charge on any atom is 0.573 e. The number of nitrogens with two attached hydrogens (primary N) is 1. The highest BCUT2D eigenvalue weighted by atomic mass is 32.2. The first-order valence-corrected chi connectivity index (χ1v) is 10.1. The largest absolute Gasteiger partial charge is 0.573 e. The number of aromatic nitrogens is 3. The van der Waals surface area contributed by atoms with Crippen molar-refractivity contribution in [3.05, 3.63) is 42.4 Å². The van der Waals surface area contributed by atoms with E-state index in [-0.39, 0.29) is 33.1 Å². The van der Waals surface area contributed by atoms with E-state index in [2.05, 4.69) is 25.2 Å². The van der Waals surface area contributed by atoms with Crippen LogP contribution < -0.4 is 15.8 Å². The number of hydrogen-bond donors (Lipinski definition) is 2. The van der Waals surface area contributed by atoms with Gasteiger partial charge in [-0.25, -0.2) is 13.4 Å². The average Bonchev–Trinajstić information content (AvgIpc) is 3.39. The Hall–Kier alpha value is -3.23. The lowest BCUT2D eigenvalue weighted by Crippen LogP contribution is -2.17. The Balaban J connectivity index is 1.58. The van der Waals surface area contributed by atoms with Crippen LogP contribution >= 0.6 is 0 Å². The number of ether oxygens (including phenoxy) is 2. The van der Waals surface area contributed by atoms with E-state index >= 15 is 0 Å². The van der Waals surface area contributed by atoms with Crippen LogP contribution in [0.25, 0.3) is 11.6 Å². The summed E-state index contributed by atoms with van der Waals surface area (Å²) in [5.74, 6) is -0.209. The number of nitrogens with one attached hydrogen (secondary N) is 1. The van der Waals surface area contributed by atoms with Gasteiger partial charge in [-0.3, -0.25) is 5.32 Å². The summed E-state index contributed by atoms with van der Waals surface area (Å²) in [6.45, 7) is 0.719. The zero-order valence-corrected chi connectivity index (χ0v) is 16.3. The number of benzene rings is 1. The molecule has 0 amide bonds. The highest BCUT2D eigenvalue weighted by Gasteiger charge is 2.31. The molecule has 1 aromatic carbocycles. The van der Waals surface area contributed by atoms with Crippen molar-refractivity contribution in [2.24, 2.45) is 0 Å². The van der Waals surface area contributed by atoms with E-state index in [1.54, 1.807) is 0 Å². The van der Waals surface area contributed by atoms with Crippen LogP contribution in [0.4, 0.5) is 18.9 Å². The SMILES string of the molecule is Nc1cc(S(=O)(=O)c2ccc(OC(F)(F)F)cc2)cnc1-c1nc(C2COCN2)no1. The molecule has 3 aromatic rings. The minimum atomic E-state index is -4.88. The van der Waals surface area contributed by atoms with E-state index in [9.17, 15) is 21.6 Å². The second kappa shape index (κ2) is 7.79. The summed E-state index contributed by atoms with van der Waals surface area (Å²) in [7, 11) is -4.10. The van der Waals surface area contributed by atoms with Gasteiger partial charge in [-0.2, -0.15) is 4.98 Å². The van der Waals surface area contributed by atoms with Crippen molar-refractivity contribution in [1.29, 1.82) is 0 Å². The molecule has 0 bridgehead atoms. The van der Waals surface area contributed by atoms with Crippen molar-refractivity contribution in [2.75, 3.05) is 19.1 Å². The Morgan fingerprint density at radius 2 is 1.94 bits per heavy atom. The van der Waals surface area contributed by atoms with Gasteiger partial charge in [0.05, 0.1) is 34.9 Å². The average molecular weight is 457 g/mol. The Morgan fingerprint density at radius 1 is 1.19 bits per heavy atom. The molecule has 4 rings (SSSR count). The van der Waals surface area contributed by atoms with Crippen molar-refractivity contribution in [3.8, 4) is 17.3 Å². The van der Waals surface area contributed by atoms with Crippen LogP contribution in [-0.2, 0) is 14.6 Å². The Bertz CT molecular complexity index is 1190. The number of nitrogens with zero attached hydrogens (tertiary/aromatic N) is 3. The molecule has 1 aliphatic rings. The highest BCUT2D eigenvalue weighted by molar-refractivity contribution is 7.91. The maximum atomic E-state index is 12.8. The summed E-state index contributed by atoms with van der Waals surface area (Å²) in [5, 5.41) is 6.84. The number of nitrogen functional groups attached to an aromatic ring is 1. The van der Waals surface area contributed by atoms with Gasteiger partial charge in [-0.05, 0) is 30.3 Å². The second-order valence-corrected chi connectivity index (χ2v) is 8.31. The molecular weight excluding hydrogens is 443 g/mol. The maximum absolute atomic E-state index is 12.8. The number of halogens is 3. The minimum absolute atomic E-state index is 0.00111. The summed E-state index contributed by atoms with van der Waals surface area (Å²) in [5.41, 5.74) is 5.99. The van der Waals surface area contributed by atoms with Gasteiger partial charge in [0.1, 0.15) is 5.75 Å². The van der Waals surface area contributed by atoms with Crippen molar-refractivity contribution in [3.63, 3.8) is 0 Å². The molecule has 10 nitrogen and oxygen atoms in total. The molecule has 1 fully saturated rings. The van der Waals surface area contributed by atoms with E-state index in [1.807, 2.05) is 0 Å². The lowest BCUT2D eigenvalue weighted by atomic mass is 10.3. The third-order valence-corrected chi connectivity index (χ3v) is 5.98. The number of hydrogen-bond acceptors (Lipinski definition) is 10. The predicted molar refractivity (Wildman–Crippen MR) is 97.2 cm³/mol. The van der Waals surface area contributed by atoms with Gasteiger partial charge in [-0.15, -0.1) is 13.2 Å². The molecule has 1 saturated heterocycles. The molecule has 0 saturated carbocycles. The first-order chi connectivity index (χ1) is 14.6. The molecule has 31 heavy (non-hydrogen) atoms. The first-order valence-electron chi connectivity index (χ1n) is 8.65. The van der Waals surface area contributed by atoms with E-state index < -0.39 is 21.9 Å². The van der Waals surface area contributed by atoms with Crippen molar-refractivity contribution in [2.45, 2.75) is 22.2 Å². The Kier molecular flexibility index (Phi) is 5.28. The van der Waals surface area contributed by atoms with Gasteiger partial charge in [0.25, 0.3) is 5.89 Å². The van der Waals surface area contributed by atoms with Crippen molar-refractivity contribution < 1.29 is 35.6 Å². The lowest BCUT2D eigenvalue weighted by Gasteiger charge is -2.10. The molecule has 164 valence electrons. The summed E-state index contributed by atoms with van der Waals surface area (Å²) in [6.07, 6.45) is -3.84. The monoisotopic (exact) mass is 457 g/mol. The lowest BCUT2D eigenvalue weighted by molar-refractivity contribution is -0.274. The molecular formula is C17H14F3N5O5S. The second-order valence-electron chi connectivity index (χ2n) is 6.36. The fraction of sp³-hybridized carbons (Fsp3) is 0.235. The van der Waals surface area contributed by atoms with Crippen LogP contribution in [0.2, 0.25) is 0 Å². The molecule has 1 aliphatic heterocycles. The molecule has 0 radical (unpaired) electrons. The third-order valence-electron chi connectivity index (χ3n) is 4.24. The topological polar surface area (TPSA) is 142 Å². The Labute approximate surface area is 173 Å². The molecule has 3 heterocycles. The molecule has 3 N–H and O–H groups in total. The molecule has 1 unspecified atom stereocenters. The van der Waals surface area contributed by atoms with Crippen molar-refractivity contribution >= 4 is 15.5 Å². The van der Waals surface area contributed by atoms with Crippen LogP contribution in [0.15, 0.2) is 50.8 Å². The Morgan fingerprint density at radius 3 is 2.55 bits per heavy atom. The summed E-state index contributed by atoms with van der Waals surface area (Å²) >= 11 is 0. The van der Waals surface area contributed by atoms with Crippen LogP contribution in [-0.4, -0.2) is 43.2 Å². The van der Waals surface area contributed by atoms with Gasteiger partial charge in [0.15, 0.2) is 11.5 Å².